The van der Waals surface area contributed by atoms with Crippen LogP contribution in [0.25, 0.3) is 0 Å². The zero-order chi connectivity index (χ0) is 18.8. The van der Waals surface area contributed by atoms with Gasteiger partial charge < -0.3 is 4.74 Å². The van der Waals surface area contributed by atoms with Crippen LogP contribution < -0.4 is 4.74 Å². The SMILES string of the molecule is Cc1cc(OC(=O)c2cccc(F)n2)n(C(C)c2ccc(Cl)c(Cl)c2)n1. The number of hydrogen-bond acceptors (Lipinski definition) is 4. The average Bonchev–Trinajstić information content (AvgIpc) is 2.97. The molecule has 0 aliphatic carbocycles. The van der Waals surface area contributed by atoms with Gasteiger partial charge in [-0.2, -0.15) is 9.49 Å². The monoisotopic (exact) mass is 393 g/mol. The molecule has 0 bridgehead atoms. The fraction of sp³-hybridized carbons (Fsp3) is 0.167. The molecule has 8 heteroatoms. The van der Waals surface area contributed by atoms with Gasteiger partial charge in [-0.1, -0.05) is 35.3 Å². The molecule has 0 N–H and O–H groups in total. The zero-order valence-electron chi connectivity index (χ0n) is 13.9. The third kappa shape index (κ3) is 3.86. The highest BCUT2D eigenvalue weighted by Gasteiger charge is 2.20. The molecule has 5 nitrogen and oxygen atoms in total. The Bertz CT molecular complexity index is 975. The van der Waals surface area contributed by atoms with Gasteiger partial charge in [-0.15, -0.1) is 0 Å². The summed E-state index contributed by atoms with van der Waals surface area (Å²) in [5.41, 5.74) is 1.37. The summed E-state index contributed by atoms with van der Waals surface area (Å²) < 4.78 is 20.1. The van der Waals surface area contributed by atoms with Crippen LogP contribution in [0.5, 0.6) is 5.88 Å². The molecule has 1 atom stereocenters. The summed E-state index contributed by atoms with van der Waals surface area (Å²) >= 11 is 12.0. The number of esters is 1. The molecule has 0 fully saturated rings. The number of hydrogen-bond donors (Lipinski definition) is 0. The van der Waals surface area contributed by atoms with E-state index in [1.807, 2.05) is 13.0 Å². The summed E-state index contributed by atoms with van der Waals surface area (Å²) in [6.45, 7) is 3.65. The molecule has 1 unspecified atom stereocenters. The van der Waals surface area contributed by atoms with Crippen molar-refractivity contribution in [3.8, 4) is 5.88 Å². The lowest BCUT2D eigenvalue weighted by atomic mass is 10.1. The van der Waals surface area contributed by atoms with Gasteiger partial charge in [0.25, 0.3) is 0 Å². The minimum atomic E-state index is -0.771. The third-order valence-electron chi connectivity index (χ3n) is 3.74. The smallest absolute Gasteiger partial charge is 0.363 e. The first-order valence-electron chi connectivity index (χ1n) is 7.71. The lowest BCUT2D eigenvalue weighted by molar-refractivity contribution is 0.0709. The molecule has 0 aliphatic rings. The average molecular weight is 394 g/mol. The van der Waals surface area contributed by atoms with Gasteiger partial charge in [-0.05, 0) is 43.7 Å². The molecule has 2 aromatic heterocycles. The van der Waals surface area contributed by atoms with Crippen LogP contribution in [0.3, 0.4) is 0 Å². The van der Waals surface area contributed by atoms with Gasteiger partial charge in [-0.25, -0.2) is 14.5 Å². The molecule has 0 amide bonds. The number of carbonyl (C=O) groups is 1. The number of aryl methyl sites for hydroxylation is 1. The summed E-state index contributed by atoms with van der Waals surface area (Å²) in [7, 11) is 0. The highest BCUT2D eigenvalue weighted by Crippen LogP contribution is 2.29. The van der Waals surface area contributed by atoms with Crippen LogP contribution in [-0.4, -0.2) is 20.7 Å². The Morgan fingerprint density at radius 2 is 1.96 bits per heavy atom. The lowest BCUT2D eigenvalue weighted by Crippen LogP contribution is -2.16. The molecule has 3 aromatic rings. The van der Waals surface area contributed by atoms with Crippen LogP contribution in [0.15, 0.2) is 42.5 Å². The van der Waals surface area contributed by atoms with E-state index in [0.29, 0.717) is 15.7 Å². The number of pyridine rings is 1. The van der Waals surface area contributed by atoms with Crippen LogP contribution in [-0.2, 0) is 0 Å². The Morgan fingerprint density at radius 1 is 1.19 bits per heavy atom. The van der Waals surface area contributed by atoms with Crippen molar-refractivity contribution in [3.63, 3.8) is 0 Å². The zero-order valence-corrected chi connectivity index (χ0v) is 15.4. The number of nitrogens with zero attached hydrogens (tertiary/aromatic N) is 3. The second-order valence-corrected chi connectivity index (χ2v) is 6.47. The Labute approximate surface area is 159 Å². The molecule has 3 rings (SSSR count). The van der Waals surface area contributed by atoms with E-state index in [9.17, 15) is 9.18 Å². The fourth-order valence-electron chi connectivity index (χ4n) is 2.43. The van der Waals surface area contributed by atoms with Gasteiger partial charge >= 0.3 is 5.97 Å². The van der Waals surface area contributed by atoms with Gasteiger partial charge in [0.1, 0.15) is 0 Å². The fourth-order valence-corrected chi connectivity index (χ4v) is 2.74. The summed E-state index contributed by atoms with van der Waals surface area (Å²) in [6.07, 6.45) is 0. The predicted molar refractivity (Wildman–Crippen MR) is 96.4 cm³/mol. The summed E-state index contributed by atoms with van der Waals surface area (Å²) in [5.74, 6) is -1.31. The Morgan fingerprint density at radius 3 is 2.65 bits per heavy atom. The van der Waals surface area contributed by atoms with E-state index >= 15 is 0 Å². The Balaban J connectivity index is 1.90. The minimum absolute atomic E-state index is 0.127. The molecular formula is C18H14Cl2FN3O2. The van der Waals surface area contributed by atoms with E-state index in [0.717, 1.165) is 11.6 Å². The molecule has 0 spiro atoms. The van der Waals surface area contributed by atoms with Gasteiger partial charge in [0.15, 0.2) is 5.69 Å². The van der Waals surface area contributed by atoms with Crippen molar-refractivity contribution >= 4 is 29.2 Å². The largest absolute Gasteiger partial charge is 0.403 e. The van der Waals surface area contributed by atoms with Crippen LogP contribution in [0.2, 0.25) is 10.0 Å². The summed E-state index contributed by atoms with van der Waals surface area (Å²) in [6, 6.07) is 10.5. The van der Waals surface area contributed by atoms with Gasteiger partial charge in [0, 0.05) is 6.07 Å². The van der Waals surface area contributed by atoms with Crippen molar-refractivity contribution in [1.29, 1.82) is 0 Å². The van der Waals surface area contributed by atoms with Crippen LogP contribution >= 0.6 is 23.2 Å². The lowest BCUT2D eigenvalue weighted by Gasteiger charge is -2.16. The number of carbonyl (C=O) groups excluding carboxylic acids is 1. The molecule has 2 heterocycles. The Kier molecular flexibility index (Phi) is 5.25. The number of ether oxygens (including phenoxy) is 1. The second kappa shape index (κ2) is 7.43. The number of aromatic nitrogens is 3. The van der Waals surface area contributed by atoms with Crippen molar-refractivity contribution in [2.24, 2.45) is 0 Å². The standard InChI is InChI=1S/C18H14Cl2FN3O2/c1-10-8-17(26-18(25)15-4-3-5-16(21)22-15)24(23-10)11(2)12-6-7-13(19)14(20)9-12/h3-9,11H,1-2H3. The first-order valence-corrected chi connectivity index (χ1v) is 8.46. The number of benzene rings is 1. The van der Waals surface area contributed by atoms with E-state index < -0.39 is 11.9 Å². The van der Waals surface area contributed by atoms with Gasteiger partial charge in [0.2, 0.25) is 11.8 Å². The van der Waals surface area contributed by atoms with E-state index in [-0.39, 0.29) is 17.6 Å². The van der Waals surface area contributed by atoms with Gasteiger partial charge in [0.05, 0.1) is 21.8 Å². The maximum absolute atomic E-state index is 13.2. The molecule has 26 heavy (non-hydrogen) atoms. The van der Waals surface area contributed by atoms with Crippen molar-refractivity contribution in [3.05, 3.63) is 75.4 Å². The van der Waals surface area contributed by atoms with Crippen molar-refractivity contribution in [2.45, 2.75) is 19.9 Å². The predicted octanol–water partition coefficient (Wildman–Crippen LogP) is 4.86. The quantitative estimate of drug-likeness (QED) is 0.469. The van der Waals surface area contributed by atoms with E-state index in [4.69, 9.17) is 27.9 Å². The number of rotatable bonds is 4. The van der Waals surface area contributed by atoms with Crippen molar-refractivity contribution in [1.82, 2.24) is 14.8 Å². The molecule has 1 aromatic carbocycles. The molecule has 134 valence electrons. The first-order chi connectivity index (χ1) is 12.3. The molecular weight excluding hydrogens is 380 g/mol. The van der Waals surface area contributed by atoms with E-state index in [1.54, 1.807) is 29.8 Å². The second-order valence-electron chi connectivity index (χ2n) is 5.65. The van der Waals surface area contributed by atoms with E-state index in [2.05, 4.69) is 10.1 Å². The molecule has 0 saturated heterocycles. The highest BCUT2D eigenvalue weighted by atomic mass is 35.5. The minimum Gasteiger partial charge on any atom is -0.403 e. The molecule has 0 radical (unpaired) electrons. The van der Waals surface area contributed by atoms with Crippen LogP contribution in [0.1, 0.15) is 34.7 Å². The van der Waals surface area contributed by atoms with Crippen molar-refractivity contribution in [2.75, 3.05) is 0 Å². The first kappa shape index (κ1) is 18.4. The third-order valence-corrected chi connectivity index (χ3v) is 4.48. The maximum Gasteiger partial charge on any atom is 0.363 e. The number of halogens is 3. The summed E-state index contributed by atoms with van der Waals surface area (Å²) in [4.78, 5) is 15.8. The molecule has 0 saturated carbocycles. The van der Waals surface area contributed by atoms with E-state index in [1.165, 1.54) is 12.1 Å². The highest BCUT2D eigenvalue weighted by molar-refractivity contribution is 6.42. The maximum atomic E-state index is 13.2. The Hall–Kier alpha value is -2.44. The van der Waals surface area contributed by atoms with Crippen molar-refractivity contribution < 1.29 is 13.9 Å². The van der Waals surface area contributed by atoms with Crippen LogP contribution in [0, 0.1) is 12.9 Å². The van der Waals surface area contributed by atoms with Gasteiger partial charge in [-0.3, -0.25) is 0 Å². The topological polar surface area (TPSA) is 57.0 Å². The normalized spacial score (nSPS) is 12.0. The summed E-state index contributed by atoms with van der Waals surface area (Å²) in [5, 5.41) is 5.24. The van der Waals surface area contributed by atoms with Crippen LogP contribution in [0.4, 0.5) is 4.39 Å². The molecule has 0 aliphatic heterocycles.